The van der Waals surface area contributed by atoms with Gasteiger partial charge in [-0.15, -0.1) is 0 Å². The zero-order valence-corrected chi connectivity index (χ0v) is 10.6. The van der Waals surface area contributed by atoms with E-state index in [4.69, 9.17) is 15.9 Å². The molecule has 5 N–H and O–H groups in total. The van der Waals surface area contributed by atoms with Crippen molar-refractivity contribution in [2.45, 2.75) is 45.7 Å². The lowest BCUT2D eigenvalue weighted by Gasteiger charge is -2.27. The summed E-state index contributed by atoms with van der Waals surface area (Å²) >= 11 is 0. The van der Waals surface area contributed by atoms with Gasteiger partial charge in [-0.3, -0.25) is 4.79 Å². The van der Waals surface area contributed by atoms with E-state index in [0.29, 0.717) is 0 Å². The molecule has 0 saturated carbocycles. The fourth-order valence-corrected chi connectivity index (χ4v) is 1.15. The first-order valence-electron chi connectivity index (χ1n) is 5.57. The van der Waals surface area contributed by atoms with Crippen LogP contribution in [0.15, 0.2) is 0 Å². The van der Waals surface area contributed by atoms with Gasteiger partial charge in [0, 0.05) is 25.5 Å². The number of rotatable bonds is 6. The Hall–Kier alpha value is -1.14. The van der Waals surface area contributed by atoms with Gasteiger partial charge < -0.3 is 21.3 Å². The maximum Gasteiger partial charge on any atom is 0.326 e. The van der Waals surface area contributed by atoms with E-state index in [1.165, 1.54) is 0 Å². The Balaban J connectivity index is 4.29. The van der Waals surface area contributed by atoms with E-state index < -0.39 is 17.9 Å². The van der Waals surface area contributed by atoms with Gasteiger partial charge in [-0.1, -0.05) is 20.8 Å². The van der Waals surface area contributed by atoms with E-state index >= 15 is 0 Å². The predicted octanol–water partition coefficient (Wildman–Crippen LogP) is -0.298. The van der Waals surface area contributed by atoms with Crippen molar-refractivity contribution in [2.75, 3.05) is 6.61 Å². The molecular weight excluding hydrogens is 224 g/mol. The van der Waals surface area contributed by atoms with Crippen LogP contribution in [0.5, 0.6) is 0 Å². The molecule has 1 amide bonds. The number of aliphatic hydroxyl groups excluding tert-OH is 1. The Kier molecular flexibility index (Phi) is 6.12. The Morgan fingerprint density at radius 2 is 1.88 bits per heavy atom. The second-order valence-corrected chi connectivity index (χ2v) is 5.15. The molecule has 17 heavy (non-hydrogen) atoms. The maximum atomic E-state index is 11.6. The molecule has 0 aliphatic carbocycles. The average Bonchev–Trinajstić information content (AvgIpc) is 2.15. The van der Waals surface area contributed by atoms with Gasteiger partial charge in [0.1, 0.15) is 6.04 Å². The lowest BCUT2D eigenvalue weighted by atomic mass is 9.85. The summed E-state index contributed by atoms with van der Waals surface area (Å²) in [4.78, 5) is 22.3. The largest absolute Gasteiger partial charge is 0.480 e. The molecule has 6 heteroatoms. The van der Waals surface area contributed by atoms with Crippen LogP contribution in [0, 0.1) is 5.41 Å². The van der Waals surface area contributed by atoms with Gasteiger partial charge in [0.15, 0.2) is 0 Å². The Labute approximate surface area is 101 Å². The highest BCUT2D eigenvalue weighted by molar-refractivity contribution is 5.83. The second-order valence-electron chi connectivity index (χ2n) is 5.15. The molecule has 0 aliphatic heterocycles. The standard InChI is InChI=1S/C11H22N2O4/c1-11(2,3)8(12)6-9(15)13-7(4-5-14)10(16)17/h7-8,14H,4-6,12H2,1-3H3,(H,13,15)(H,16,17). The molecule has 6 nitrogen and oxygen atoms in total. The predicted molar refractivity (Wildman–Crippen MR) is 63.3 cm³/mol. The van der Waals surface area contributed by atoms with Crippen LogP contribution in [-0.4, -0.2) is 40.8 Å². The summed E-state index contributed by atoms with van der Waals surface area (Å²) < 4.78 is 0. The van der Waals surface area contributed by atoms with Gasteiger partial charge in [-0.2, -0.15) is 0 Å². The van der Waals surface area contributed by atoms with Crippen molar-refractivity contribution in [3.63, 3.8) is 0 Å². The molecule has 0 aromatic carbocycles. The van der Waals surface area contributed by atoms with Gasteiger partial charge in [-0.25, -0.2) is 4.79 Å². The Morgan fingerprint density at radius 3 is 2.24 bits per heavy atom. The number of hydrogen-bond donors (Lipinski definition) is 4. The Morgan fingerprint density at radius 1 is 1.35 bits per heavy atom. The monoisotopic (exact) mass is 246 g/mol. The molecule has 0 saturated heterocycles. The van der Waals surface area contributed by atoms with Gasteiger partial charge in [0.2, 0.25) is 5.91 Å². The highest BCUT2D eigenvalue weighted by Crippen LogP contribution is 2.19. The van der Waals surface area contributed by atoms with Crippen molar-refractivity contribution in [1.29, 1.82) is 0 Å². The van der Waals surface area contributed by atoms with Crippen LogP contribution in [0.1, 0.15) is 33.6 Å². The number of hydrogen-bond acceptors (Lipinski definition) is 4. The number of carbonyl (C=O) groups excluding carboxylic acids is 1. The lowest BCUT2D eigenvalue weighted by Crippen LogP contribution is -2.45. The first-order chi connectivity index (χ1) is 7.68. The highest BCUT2D eigenvalue weighted by atomic mass is 16.4. The van der Waals surface area contributed by atoms with E-state index in [2.05, 4.69) is 5.32 Å². The van der Waals surface area contributed by atoms with Crippen LogP contribution >= 0.6 is 0 Å². The van der Waals surface area contributed by atoms with Crippen LogP contribution in [0.3, 0.4) is 0 Å². The minimum absolute atomic E-state index is 0.00811. The van der Waals surface area contributed by atoms with Crippen LogP contribution in [0.4, 0.5) is 0 Å². The number of nitrogens with two attached hydrogens (primary N) is 1. The Bertz CT molecular complexity index is 273. The van der Waals surface area contributed by atoms with Gasteiger partial charge in [0.25, 0.3) is 0 Å². The lowest BCUT2D eigenvalue weighted by molar-refractivity contribution is -0.142. The van der Waals surface area contributed by atoms with Crippen LogP contribution in [0.2, 0.25) is 0 Å². The van der Waals surface area contributed by atoms with Gasteiger partial charge in [0.05, 0.1) is 0 Å². The molecule has 0 heterocycles. The topological polar surface area (TPSA) is 113 Å². The van der Waals surface area contributed by atoms with E-state index in [-0.39, 0.29) is 30.9 Å². The third kappa shape index (κ3) is 6.23. The first kappa shape index (κ1) is 15.9. The minimum atomic E-state index is -1.16. The van der Waals surface area contributed by atoms with E-state index in [0.717, 1.165) is 0 Å². The minimum Gasteiger partial charge on any atom is -0.480 e. The normalized spacial score (nSPS) is 15.1. The molecule has 0 radical (unpaired) electrons. The van der Waals surface area contributed by atoms with Gasteiger partial charge in [-0.05, 0) is 5.41 Å². The average molecular weight is 246 g/mol. The molecule has 0 rings (SSSR count). The number of carbonyl (C=O) groups is 2. The number of aliphatic hydroxyl groups is 1. The number of aliphatic carboxylic acids is 1. The number of nitrogens with one attached hydrogen (secondary N) is 1. The summed E-state index contributed by atoms with van der Waals surface area (Å²) in [6.45, 7) is 5.44. The van der Waals surface area contributed by atoms with Crippen LogP contribution < -0.4 is 11.1 Å². The summed E-state index contributed by atoms with van der Waals surface area (Å²) in [5.74, 6) is -1.56. The molecule has 100 valence electrons. The van der Waals surface area contributed by atoms with Crippen molar-refractivity contribution in [3.8, 4) is 0 Å². The quantitative estimate of drug-likeness (QED) is 0.514. The SMILES string of the molecule is CC(C)(C)C(N)CC(=O)NC(CCO)C(=O)O. The summed E-state index contributed by atoms with van der Waals surface area (Å²) in [5.41, 5.74) is 5.60. The number of carboxylic acid groups (broad SMARTS) is 1. The van der Waals surface area contributed by atoms with Crippen molar-refractivity contribution in [1.82, 2.24) is 5.32 Å². The third-order valence-corrected chi connectivity index (χ3v) is 2.57. The highest BCUT2D eigenvalue weighted by Gasteiger charge is 2.25. The van der Waals surface area contributed by atoms with Gasteiger partial charge >= 0.3 is 5.97 Å². The summed E-state index contributed by atoms with van der Waals surface area (Å²) in [7, 11) is 0. The molecular formula is C11H22N2O4. The molecule has 0 bridgehead atoms. The zero-order valence-electron chi connectivity index (χ0n) is 10.6. The second kappa shape index (κ2) is 6.56. The third-order valence-electron chi connectivity index (χ3n) is 2.57. The summed E-state index contributed by atoms with van der Waals surface area (Å²) in [5, 5.41) is 19.8. The van der Waals surface area contributed by atoms with E-state index in [1.54, 1.807) is 0 Å². The van der Waals surface area contributed by atoms with Crippen LogP contribution in [-0.2, 0) is 9.59 Å². The van der Waals surface area contributed by atoms with Crippen molar-refractivity contribution < 1.29 is 19.8 Å². The van der Waals surface area contributed by atoms with Crippen molar-refractivity contribution >= 4 is 11.9 Å². The fourth-order valence-electron chi connectivity index (χ4n) is 1.15. The fraction of sp³-hybridized carbons (Fsp3) is 0.818. The summed E-state index contributed by atoms with van der Waals surface area (Å²) in [6, 6.07) is -1.40. The maximum absolute atomic E-state index is 11.6. The molecule has 2 unspecified atom stereocenters. The number of carboxylic acids is 1. The first-order valence-corrected chi connectivity index (χ1v) is 5.57. The summed E-state index contributed by atoms with van der Waals surface area (Å²) in [6.07, 6.45) is 0.0601. The number of amides is 1. The zero-order chi connectivity index (χ0) is 13.6. The van der Waals surface area contributed by atoms with Crippen molar-refractivity contribution in [2.24, 2.45) is 11.1 Å². The van der Waals surface area contributed by atoms with Crippen molar-refractivity contribution in [3.05, 3.63) is 0 Å². The van der Waals surface area contributed by atoms with E-state index in [9.17, 15) is 9.59 Å². The molecule has 0 aromatic rings. The molecule has 0 fully saturated rings. The molecule has 0 aromatic heterocycles. The molecule has 2 atom stereocenters. The van der Waals surface area contributed by atoms with Crippen LogP contribution in [0.25, 0.3) is 0 Å². The van der Waals surface area contributed by atoms with E-state index in [1.807, 2.05) is 20.8 Å². The molecule has 0 spiro atoms. The molecule has 0 aliphatic rings. The smallest absolute Gasteiger partial charge is 0.326 e.